The summed E-state index contributed by atoms with van der Waals surface area (Å²) in [7, 11) is 2.13. The maximum Gasteiger partial charge on any atom is 0.168 e. The van der Waals surface area contributed by atoms with Crippen LogP contribution < -0.4 is 0 Å². The van der Waals surface area contributed by atoms with Crippen LogP contribution in [-0.4, -0.2) is 17.7 Å². The Balaban J connectivity index is 1.94. The van der Waals surface area contributed by atoms with Gasteiger partial charge in [-0.1, -0.05) is 68.4 Å². The summed E-state index contributed by atoms with van der Waals surface area (Å²) in [4.78, 5) is 15.1. The molecule has 2 nitrogen and oxygen atoms in total. The molecule has 0 saturated carbocycles. The third-order valence-electron chi connectivity index (χ3n) is 4.66. The Bertz CT molecular complexity index is 662. The lowest BCUT2D eigenvalue weighted by Crippen LogP contribution is -2.32. The summed E-state index contributed by atoms with van der Waals surface area (Å²) >= 11 is 0. The van der Waals surface area contributed by atoms with E-state index in [2.05, 4.69) is 56.1 Å². The largest absolute Gasteiger partial charge is 0.294 e. The van der Waals surface area contributed by atoms with Crippen LogP contribution in [0.25, 0.3) is 0 Å². The fourth-order valence-electron chi connectivity index (χ4n) is 3.64. The highest BCUT2D eigenvalue weighted by Gasteiger charge is 2.42. The summed E-state index contributed by atoms with van der Waals surface area (Å²) in [6, 6.07) is 18.7. The lowest BCUT2D eigenvalue weighted by molar-refractivity contribution is 0.0783. The van der Waals surface area contributed by atoms with Crippen molar-refractivity contribution < 1.29 is 4.79 Å². The smallest absolute Gasteiger partial charge is 0.168 e. The average molecular weight is 293 g/mol. The molecule has 0 spiro atoms. The Kier molecular flexibility index (Phi) is 4.12. The molecule has 114 valence electrons. The van der Waals surface area contributed by atoms with Gasteiger partial charge in [0.2, 0.25) is 0 Å². The Hall–Kier alpha value is -1.93. The van der Waals surface area contributed by atoms with E-state index in [4.69, 9.17) is 0 Å². The van der Waals surface area contributed by atoms with Crippen LogP contribution in [0.2, 0.25) is 0 Å². The summed E-state index contributed by atoms with van der Waals surface area (Å²) < 4.78 is 0. The predicted molar refractivity (Wildman–Crippen MR) is 89.8 cm³/mol. The van der Waals surface area contributed by atoms with Crippen LogP contribution in [0.4, 0.5) is 0 Å². The van der Waals surface area contributed by atoms with Crippen LogP contribution in [0.3, 0.4) is 0 Å². The van der Waals surface area contributed by atoms with Crippen molar-refractivity contribution in [3.05, 3.63) is 71.3 Å². The van der Waals surface area contributed by atoms with Crippen LogP contribution in [0, 0.1) is 11.8 Å². The van der Waals surface area contributed by atoms with E-state index in [0.29, 0.717) is 11.7 Å². The average Bonchev–Trinajstić information content (AvgIpc) is 2.82. The number of carbonyl (C=O) groups excluding carboxylic acids is 1. The van der Waals surface area contributed by atoms with Gasteiger partial charge in [-0.05, 0) is 24.1 Å². The summed E-state index contributed by atoms with van der Waals surface area (Å²) in [5, 5.41) is 0. The van der Waals surface area contributed by atoms with Crippen LogP contribution in [-0.2, 0) is 6.54 Å². The minimum Gasteiger partial charge on any atom is -0.294 e. The maximum atomic E-state index is 12.8. The normalized spacial score (nSPS) is 20.7. The third-order valence-corrected chi connectivity index (χ3v) is 4.66. The number of hydrogen-bond acceptors (Lipinski definition) is 2. The predicted octanol–water partition coefficient (Wildman–Crippen LogP) is 4.33. The second kappa shape index (κ2) is 6.05. The van der Waals surface area contributed by atoms with Crippen molar-refractivity contribution in [3.8, 4) is 0 Å². The first kappa shape index (κ1) is 15.0. The van der Waals surface area contributed by atoms with Crippen molar-refractivity contribution in [1.29, 1.82) is 0 Å². The summed E-state index contributed by atoms with van der Waals surface area (Å²) in [6.07, 6.45) is 0. The van der Waals surface area contributed by atoms with Crippen molar-refractivity contribution in [1.82, 2.24) is 4.90 Å². The SMILES string of the molecule is CC(C)C1C(=O)c2ccccc2C1N(C)Cc1ccccc1. The van der Waals surface area contributed by atoms with Gasteiger partial charge in [0.25, 0.3) is 0 Å². The van der Waals surface area contributed by atoms with Crippen molar-refractivity contribution >= 4 is 5.78 Å². The first-order valence-corrected chi connectivity index (χ1v) is 7.97. The second-order valence-electron chi connectivity index (χ2n) is 6.57. The fourth-order valence-corrected chi connectivity index (χ4v) is 3.64. The molecule has 0 bridgehead atoms. The van der Waals surface area contributed by atoms with Gasteiger partial charge in [0, 0.05) is 24.1 Å². The Morgan fingerprint density at radius 2 is 1.64 bits per heavy atom. The van der Waals surface area contributed by atoms with Gasteiger partial charge in [-0.3, -0.25) is 9.69 Å². The van der Waals surface area contributed by atoms with Gasteiger partial charge in [0.1, 0.15) is 0 Å². The molecule has 0 radical (unpaired) electrons. The van der Waals surface area contributed by atoms with E-state index in [1.165, 1.54) is 11.1 Å². The van der Waals surface area contributed by atoms with Gasteiger partial charge in [-0.25, -0.2) is 0 Å². The number of benzene rings is 2. The standard InChI is InChI=1S/C20H23NO/c1-14(2)18-19(16-11-7-8-12-17(16)20(18)22)21(3)13-15-9-5-4-6-10-15/h4-12,14,18-19H,13H2,1-3H3. The number of nitrogens with zero attached hydrogens (tertiary/aromatic N) is 1. The Morgan fingerprint density at radius 3 is 2.32 bits per heavy atom. The van der Waals surface area contributed by atoms with E-state index >= 15 is 0 Å². The van der Waals surface area contributed by atoms with Crippen molar-refractivity contribution in [2.24, 2.45) is 11.8 Å². The molecule has 0 amide bonds. The molecule has 0 aromatic heterocycles. The Morgan fingerprint density at radius 1 is 1.00 bits per heavy atom. The molecule has 0 aliphatic heterocycles. The molecule has 2 heteroatoms. The van der Waals surface area contributed by atoms with Gasteiger partial charge in [0.05, 0.1) is 0 Å². The zero-order valence-electron chi connectivity index (χ0n) is 13.5. The molecule has 0 fully saturated rings. The lowest BCUT2D eigenvalue weighted by Gasteiger charge is -2.31. The van der Waals surface area contributed by atoms with Crippen LogP contribution >= 0.6 is 0 Å². The zero-order valence-corrected chi connectivity index (χ0v) is 13.5. The molecule has 2 aromatic carbocycles. The minimum absolute atomic E-state index is 0.0473. The van der Waals surface area contributed by atoms with Crippen LogP contribution in [0.5, 0.6) is 0 Å². The summed E-state index contributed by atoms with van der Waals surface area (Å²) in [5.41, 5.74) is 3.38. The molecule has 0 heterocycles. The molecule has 1 aliphatic carbocycles. The quantitative estimate of drug-likeness (QED) is 0.836. The van der Waals surface area contributed by atoms with Crippen LogP contribution in [0.15, 0.2) is 54.6 Å². The number of carbonyl (C=O) groups is 1. The molecule has 3 rings (SSSR count). The van der Waals surface area contributed by atoms with Gasteiger partial charge >= 0.3 is 0 Å². The monoisotopic (exact) mass is 293 g/mol. The number of hydrogen-bond donors (Lipinski definition) is 0. The first-order chi connectivity index (χ1) is 10.6. The van der Waals surface area contributed by atoms with Gasteiger partial charge in [-0.2, -0.15) is 0 Å². The van der Waals surface area contributed by atoms with Gasteiger partial charge in [-0.15, -0.1) is 0 Å². The lowest BCUT2D eigenvalue weighted by atomic mass is 9.87. The van der Waals surface area contributed by atoms with E-state index in [1.54, 1.807) is 0 Å². The fraction of sp³-hybridized carbons (Fsp3) is 0.350. The molecule has 1 aliphatic rings. The van der Waals surface area contributed by atoms with E-state index in [1.807, 2.05) is 24.3 Å². The zero-order chi connectivity index (χ0) is 15.7. The van der Waals surface area contributed by atoms with Crippen LogP contribution in [0.1, 0.15) is 41.4 Å². The third kappa shape index (κ3) is 2.59. The molecule has 22 heavy (non-hydrogen) atoms. The number of fused-ring (bicyclic) bond motifs is 1. The molecule has 2 aromatic rings. The maximum absolute atomic E-state index is 12.8. The number of ketones is 1. The number of Topliss-reactive ketones (excluding diaryl/α,β-unsaturated/α-hetero) is 1. The van der Waals surface area contributed by atoms with E-state index in [0.717, 1.165) is 12.1 Å². The van der Waals surface area contributed by atoms with E-state index < -0.39 is 0 Å². The first-order valence-electron chi connectivity index (χ1n) is 7.97. The van der Waals surface area contributed by atoms with Gasteiger partial charge in [0.15, 0.2) is 5.78 Å². The Labute approximate surface area is 132 Å². The highest BCUT2D eigenvalue weighted by molar-refractivity contribution is 6.03. The summed E-state index contributed by atoms with van der Waals surface area (Å²) in [6.45, 7) is 5.16. The molecule has 0 saturated heterocycles. The highest BCUT2D eigenvalue weighted by atomic mass is 16.1. The topological polar surface area (TPSA) is 20.3 Å². The molecule has 0 N–H and O–H groups in total. The molecule has 2 atom stereocenters. The minimum atomic E-state index is 0.0473. The molecular weight excluding hydrogens is 270 g/mol. The number of rotatable bonds is 4. The van der Waals surface area contributed by atoms with Gasteiger partial charge < -0.3 is 0 Å². The highest BCUT2D eigenvalue weighted by Crippen LogP contribution is 2.43. The van der Waals surface area contributed by atoms with Crippen molar-refractivity contribution in [2.45, 2.75) is 26.4 Å². The van der Waals surface area contributed by atoms with E-state index in [9.17, 15) is 4.79 Å². The van der Waals surface area contributed by atoms with E-state index in [-0.39, 0.29) is 12.0 Å². The van der Waals surface area contributed by atoms with Crippen molar-refractivity contribution in [3.63, 3.8) is 0 Å². The second-order valence-corrected chi connectivity index (χ2v) is 6.57. The molecule has 2 unspecified atom stereocenters. The molecular formula is C20H23NO. The van der Waals surface area contributed by atoms with Crippen molar-refractivity contribution in [2.75, 3.05) is 7.05 Å². The summed E-state index contributed by atoms with van der Waals surface area (Å²) in [5.74, 6) is 0.685.